The number of esters is 2. The van der Waals surface area contributed by atoms with E-state index >= 15 is 0 Å². The van der Waals surface area contributed by atoms with Crippen molar-refractivity contribution in [3.05, 3.63) is 71.8 Å². The fourth-order valence-electron chi connectivity index (χ4n) is 3.38. The Balaban J connectivity index is 1.85. The smallest absolute Gasteiger partial charge is 0.330 e. The largest absolute Gasteiger partial charge is 0.466 e. The lowest BCUT2D eigenvalue weighted by Gasteiger charge is -2.20. The molecule has 8 heteroatoms. The summed E-state index contributed by atoms with van der Waals surface area (Å²) in [6.07, 6.45) is 6.02. The molecule has 1 fully saturated rings. The molecule has 3 rings (SSSR count). The van der Waals surface area contributed by atoms with Crippen LogP contribution in [0, 0.1) is 0 Å². The molecule has 0 spiro atoms. The number of benzene rings is 2. The number of hydrogen-bond acceptors (Lipinski definition) is 6. The third-order valence-electron chi connectivity index (χ3n) is 5.01. The zero-order valence-corrected chi connectivity index (χ0v) is 18.0. The Bertz CT molecular complexity index is 1040. The van der Waals surface area contributed by atoms with Gasteiger partial charge in [0.05, 0.1) is 12.0 Å². The first-order valence-corrected chi connectivity index (χ1v) is 11.5. The second-order valence-corrected chi connectivity index (χ2v) is 8.95. The van der Waals surface area contributed by atoms with Crippen molar-refractivity contribution >= 4 is 28.0 Å². The van der Waals surface area contributed by atoms with Gasteiger partial charge in [0.25, 0.3) is 0 Å². The van der Waals surface area contributed by atoms with Gasteiger partial charge in [0.15, 0.2) is 0 Å². The van der Waals surface area contributed by atoms with Crippen LogP contribution in [0.3, 0.4) is 0 Å². The van der Waals surface area contributed by atoms with E-state index in [9.17, 15) is 18.0 Å². The van der Waals surface area contributed by atoms with Crippen molar-refractivity contribution in [2.45, 2.75) is 42.7 Å². The Kier molecular flexibility index (Phi) is 7.59. The highest BCUT2D eigenvalue weighted by atomic mass is 32.2. The Labute approximate surface area is 182 Å². The summed E-state index contributed by atoms with van der Waals surface area (Å²) >= 11 is 0. The predicted molar refractivity (Wildman–Crippen MR) is 115 cm³/mol. The number of carbonyl (C=O) groups is 2. The standard InChI is InChI=1S/C23H25NO6S/c1-29-21(25)15-14-17-8-7-13-20(16-17)31(27,28)24-22(18-9-3-2-4-10-18)23(26)30-19-11-5-6-12-19/h2-4,7-10,13-16,19,22,24H,5-6,11-12H2,1H3/t22-/m0/s1. The van der Waals surface area contributed by atoms with Crippen molar-refractivity contribution < 1.29 is 27.5 Å². The van der Waals surface area contributed by atoms with E-state index in [1.54, 1.807) is 42.5 Å². The molecule has 2 aromatic rings. The molecule has 0 amide bonds. The number of ether oxygens (including phenoxy) is 2. The van der Waals surface area contributed by atoms with Crippen molar-refractivity contribution in [1.82, 2.24) is 4.72 Å². The molecule has 0 bridgehead atoms. The van der Waals surface area contributed by atoms with E-state index in [1.165, 1.54) is 31.4 Å². The SMILES string of the molecule is COC(=O)C=Cc1cccc(S(=O)(=O)N[C@H](C(=O)OC2CCCC2)c2ccccc2)c1. The van der Waals surface area contributed by atoms with Gasteiger partial charge >= 0.3 is 11.9 Å². The van der Waals surface area contributed by atoms with E-state index in [-0.39, 0.29) is 11.0 Å². The van der Waals surface area contributed by atoms with Crippen molar-refractivity contribution in [2.75, 3.05) is 7.11 Å². The molecule has 1 N–H and O–H groups in total. The van der Waals surface area contributed by atoms with Crippen molar-refractivity contribution in [3.8, 4) is 0 Å². The molecule has 1 aliphatic rings. The highest BCUT2D eigenvalue weighted by Crippen LogP contribution is 2.25. The fraction of sp³-hybridized carbons (Fsp3) is 0.304. The second kappa shape index (κ2) is 10.4. The minimum Gasteiger partial charge on any atom is -0.466 e. The van der Waals surface area contributed by atoms with Gasteiger partial charge in [-0.1, -0.05) is 42.5 Å². The van der Waals surface area contributed by atoms with Crippen LogP contribution in [0.1, 0.15) is 42.9 Å². The van der Waals surface area contributed by atoms with E-state index in [4.69, 9.17) is 4.74 Å². The van der Waals surface area contributed by atoms with E-state index in [1.807, 2.05) is 0 Å². The lowest BCUT2D eigenvalue weighted by Crippen LogP contribution is -2.36. The first-order chi connectivity index (χ1) is 14.9. The molecular weight excluding hydrogens is 418 g/mol. The quantitative estimate of drug-likeness (QED) is 0.496. The van der Waals surface area contributed by atoms with Crippen LogP contribution in [0.5, 0.6) is 0 Å². The summed E-state index contributed by atoms with van der Waals surface area (Å²) in [4.78, 5) is 24.1. The van der Waals surface area contributed by atoms with Gasteiger partial charge in [0.1, 0.15) is 12.1 Å². The van der Waals surface area contributed by atoms with Gasteiger partial charge in [-0.3, -0.25) is 0 Å². The van der Waals surface area contributed by atoms with Gasteiger partial charge in [0.2, 0.25) is 10.0 Å². The monoisotopic (exact) mass is 443 g/mol. The molecule has 2 aromatic carbocycles. The molecule has 0 saturated heterocycles. The summed E-state index contributed by atoms with van der Waals surface area (Å²) in [5, 5.41) is 0. The van der Waals surface area contributed by atoms with Crippen LogP contribution in [0.4, 0.5) is 0 Å². The summed E-state index contributed by atoms with van der Waals surface area (Å²) in [5.74, 6) is -1.17. The molecule has 0 radical (unpaired) electrons. The Hall–Kier alpha value is -2.97. The van der Waals surface area contributed by atoms with Crippen LogP contribution in [-0.2, 0) is 29.1 Å². The summed E-state index contributed by atoms with van der Waals surface area (Å²) < 4.78 is 38.8. The molecule has 0 heterocycles. The Morgan fingerprint density at radius 1 is 1.06 bits per heavy atom. The maximum atomic E-state index is 13.1. The number of carbonyl (C=O) groups excluding carboxylic acids is 2. The van der Waals surface area contributed by atoms with Crippen molar-refractivity contribution in [3.63, 3.8) is 0 Å². The predicted octanol–water partition coefficient (Wildman–Crippen LogP) is 3.38. The summed E-state index contributed by atoms with van der Waals surface area (Å²) in [5.41, 5.74) is 0.994. The number of sulfonamides is 1. The molecule has 31 heavy (non-hydrogen) atoms. The average Bonchev–Trinajstić information content (AvgIpc) is 3.29. The molecule has 1 saturated carbocycles. The van der Waals surface area contributed by atoms with Gasteiger partial charge < -0.3 is 9.47 Å². The lowest BCUT2D eigenvalue weighted by molar-refractivity contribution is -0.151. The van der Waals surface area contributed by atoms with Crippen LogP contribution in [0.15, 0.2) is 65.6 Å². The molecule has 1 aliphatic carbocycles. The first kappa shape index (κ1) is 22.7. The van der Waals surface area contributed by atoms with E-state index in [0.29, 0.717) is 11.1 Å². The second-order valence-electron chi connectivity index (χ2n) is 7.24. The molecule has 0 aliphatic heterocycles. The van der Waals surface area contributed by atoms with Crippen LogP contribution < -0.4 is 4.72 Å². The molecule has 164 valence electrons. The third-order valence-corrected chi connectivity index (χ3v) is 6.43. The maximum absolute atomic E-state index is 13.1. The Morgan fingerprint density at radius 3 is 2.45 bits per heavy atom. The molecule has 0 unspecified atom stereocenters. The lowest BCUT2D eigenvalue weighted by atomic mass is 10.1. The average molecular weight is 444 g/mol. The van der Waals surface area contributed by atoms with Crippen LogP contribution in [-0.4, -0.2) is 33.6 Å². The molecule has 1 atom stereocenters. The fourth-order valence-corrected chi connectivity index (χ4v) is 4.60. The van der Waals surface area contributed by atoms with E-state index < -0.39 is 28.0 Å². The zero-order chi connectivity index (χ0) is 22.3. The van der Waals surface area contributed by atoms with Crippen molar-refractivity contribution in [1.29, 1.82) is 0 Å². The minimum atomic E-state index is -4.05. The molecule has 0 aromatic heterocycles. The van der Waals surface area contributed by atoms with Gasteiger partial charge in [-0.15, -0.1) is 0 Å². The summed E-state index contributed by atoms with van der Waals surface area (Å²) in [6, 6.07) is 13.5. The first-order valence-electron chi connectivity index (χ1n) is 10.0. The van der Waals surface area contributed by atoms with Gasteiger partial charge in [-0.2, -0.15) is 4.72 Å². The highest BCUT2D eigenvalue weighted by molar-refractivity contribution is 7.89. The van der Waals surface area contributed by atoms with Crippen LogP contribution >= 0.6 is 0 Å². The van der Waals surface area contributed by atoms with Crippen LogP contribution in [0.25, 0.3) is 6.08 Å². The highest BCUT2D eigenvalue weighted by Gasteiger charge is 2.31. The topological polar surface area (TPSA) is 98.8 Å². The summed E-state index contributed by atoms with van der Waals surface area (Å²) in [6.45, 7) is 0. The van der Waals surface area contributed by atoms with E-state index in [0.717, 1.165) is 25.7 Å². The maximum Gasteiger partial charge on any atom is 0.330 e. The molecule has 7 nitrogen and oxygen atoms in total. The number of methoxy groups -OCH3 is 1. The third kappa shape index (κ3) is 6.26. The van der Waals surface area contributed by atoms with Gasteiger partial charge in [-0.05, 0) is 55.0 Å². The van der Waals surface area contributed by atoms with Crippen LogP contribution in [0.2, 0.25) is 0 Å². The number of hydrogen-bond donors (Lipinski definition) is 1. The molecular formula is C23H25NO6S. The normalized spacial score (nSPS) is 15.6. The van der Waals surface area contributed by atoms with Gasteiger partial charge in [-0.25, -0.2) is 18.0 Å². The van der Waals surface area contributed by atoms with Gasteiger partial charge in [0, 0.05) is 6.08 Å². The Morgan fingerprint density at radius 2 is 1.77 bits per heavy atom. The number of rotatable bonds is 8. The number of nitrogens with one attached hydrogen (secondary N) is 1. The van der Waals surface area contributed by atoms with E-state index in [2.05, 4.69) is 9.46 Å². The van der Waals surface area contributed by atoms with Crippen molar-refractivity contribution in [2.24, 2.45) is 0 Å². The zero-order valence-electron chi connectivity index (χ0n) is 17.2. The minimum absolute atomic E-state index is 0.0332. The summed E-state index contributed by atoms with van der Waals surface area (Å²) in [7, 11) is -2.80.